The van der Waals surface area contributed by atoms with E-state index in [2.05, 4.69) is 0 Å². The molecule has 0 aromatic heterocycles. The van der Waals surface area contributed by atoms with Gasteiger partial charge in [0.15, 0.2) is 6.10 Å². The number of hydrogen-bond donors (Lipinski definition) is 4. The lowest BCUT2D eigenvalue weighted by atomic mass is 10.00. The maximum absolute atomic E-state index is 10.7. The molecule has 2 unspecified atom stereocenters. The molecule has 98 valence electrons. The van der Waals surface area contributed by atoms with E-state index in [0.717, 1.165) is 6.07 Å². The highest BCUT2D eigenvalue weighted by Gasteiger charge is 2.26. The van der Waals surface area contributed by atoms with Crippen LogP contribution in [0.5, 0.6) is 0 Å². The molecule has 0 aliphatic rings. The van der Waals surface area contributed by atoms with Crippen LogP contribution in [0.3, 0.4) is 0 Å². The fraction of sp³-hybridized carbons (Fsp3) is 0.300. The molecule has 0 heterocycles. The number of primary amides is 1. The van der Waals surface area contributed by atoms with Crippen LogP contribution in [0.25, 0.3) is 0 Å². The monoisotopic (exact) mass is 255 g/mol. The van der Waals surface area contributed by atoms with E-state index in [1.165, 1.54) is 13.0 Å². The molecule has 8 nitrogen and oxygen atoms in total. The number of nitro benzene ring substituents is 1. The molecule has 1 amide bonds. The number of aryl methyl sites for hydroxylation is 1. The molecule has 1 aromatic carbocycles. The Morgan fingerprint density at radius 2 is 2.00 bits per heavy atom. The number of amides is 1. The second-order valence-electron chi connectivity index (χ2n) is 3.82. The summed E-state index contributed by atoms with van der Waals surface area (Å²) < 4.78 is 0. The van der Waals surface area contributed by atoms with Crippen LogP contribution in [0.15, 0.2) is 12.1 Å². The maximum atomic E-state index is 10.7. The van der Waals surface area contributed by atoms with Crippen molar-refractivity contribution in [1.29, 1.82) is 0 Å². The highest BCUT2D eigenvalue weighted by atomic mass is 16.6. The molecule has 1 aromatic rings. The number of benzene rings is 1. The minimum Gasteiger partial charge on any atom is -0.393 e. The first-order chi connectivity index (χ1) is 8.25. The first kappa shape index (κ1) is 13.9. The van der Waals surface area contributed by atoms with Crippen molar-refractivity contribution in [2.75, 3.05) is 5.73 Å². The molecule has 18 heavy (non-hydrogen) atoms. The van der Waals surface area contributed by atoms with Gasteiger partial charge >= 0.3 is 0 Å². The summed E-state index contributed by atoms with van der Waals surface area (Å²) in [5.41, 5.74) is 10.3. The summed E-state index contributed by atoms with van der Waals surface area (Å²) in [7, 11) is 0. The predicted molar refractivity (Wildman–Crippen MR) is 62.4 cm³/mol. The first-order valence-electron chi connectivity index (χ1n) is 4.95. The smallest absolute Gasteiger partial charge is 0.292 e. The number of aliphatic hydroxyl groups is 2. The third-order valence-electron chi connectivity index (χ3n) is 2.52. The van der Waals surface area contributed by atoms with Crippen LogP contribution >= 0.6 is 0 Å². The Hall–Kier alpha value is -2.19. The van der Waals surface area contributed by atoms with Gasteiger partial charge in [-0.15, -0.1) is 0 Å². The number of rotatable bonds is 4. The molecule has 0 bridgehead atoms. The number of nitrogens with two attached hydrogens (primary N) is 2. The Morgan fingerprint density at radius 3 is 2.44 bits per heavy atom. The van der Waals surface area contributed by atoms with Crippen molar-refractivity contribution >= 4 is 17.3 Å². The number of anilines is 1. The van der Waals surface area contributed by atoms with Crippen LogP contribution in [0.1, 0.15) is 17.2 Å². The van der Waals surface area contributed by atoms with Crippen molar-refractivity contribution in [3.63, 3.8) is 0 Å². The number of nitrogens with zero attached hydrogens (tertiary/aromatic N) is 1. The molecule has 0 radical (unpaired) electrons. The van der Waals surface area contributed by atoms with Crippen molar-refractivity contribution < 1.29 is 19.9 Å². The molecular weight excluding hydrogens is 242 g/mol. The standard InChI is InChI=1S/C10H13N3O5/c1-4-2-5(8(14)9(15)10(12)16)3-6(7(4)11)13(17)18/h2-3,8-9,14-15H,11H2,1H3,(H2,12,16). The topological polar surface area (TPSA) is 153 Å². The zero-order valence-electron chi connectivity index (χ0n) is 9.53. The normalized spacial score (nSPS) is 13.9. The number of nitrogen functional groups attached to an aromatic ring is 1. The zero-order valence-corrected chi connectivity index (χ0v) is 9.53. The highest BCUT2D eigenvalue weighted by molar-refractivity contribution is 5.79. The Balaban J connectivity index is 3.26. The Labute approximate surface area is 102 Å². The van der Waals surface area contributed by atoms with Crippen molar-refractivity contribution in [2.24, 2.45) is 5.73 Å². The fourth-order valence-electron chi connectivity index (χ4n) is 1.47. The highest BCUT2D eigenvalue weighted by Crippen LogP contribution is 2.30. The minimum atomic E-state index is -1.84. The summed E-state index contributed by atoms with van der Waals surface area (Å²) in [6.07, 6.45) is -3.48. The van der Waals surface area contributed by atoms with Crippen LogP contribution in [-0.4, -0.2) is 27.1 Å². The largest absolute Gasteiger partial charge is 0.393 e. The van der Waals surface area contributed by atoms with Crippen LogP contribution in [-0.2, 0) is 4.79 Å². The summed E-state index contributed by atoms with van der Waals surface area (Å²) in [6.45, 7) is 1.51. The van der Waals surface area contributed by atoms with Crippen LogP contribution < -0.4 is 11.5 Å². The Kier molecular flexibility index (Phi) is 3.84. The Morgan fingerprint density at radius 1 is 1.44 bits per heavy atom. The SMILES string of the molecule is Cc1cc(C(O)C(O)C(N)=O)cc([N+](=O)[O-])c1N. The maximum Gasteiger partial charge on any atom is 0.292 e. The molecule has 0 saturated carbocycles. The van der Waals surface area contributed by atoms with Crippen molar-refractivity contribution in [2.45, 2.75) is 19.1 Å². The van der Waals surface area contributed by atoms with Gasteiger partial charge in [-0.25, -0.2) is 0 Å². The van der Waals surface area contributed by atoms with Gasteiger partial charge in [-0.3, -0.25) is 14.9 Å². The number of carbonyl (C=O) groups excluding carboxylic acids is 1. The number of aliphatic hydroxyl groups excluding tert-OH is 2. The van der Waals surface area contributed by atoms with Crippen molar-refractivity contribution in [3.05, 3.63) is 33.4 Å². The summed E-state index contributed by atoms with van der Waals surface area (Å²) in [6, 6.07) is 2.35. The predicted octanol–water partition coefficient (Wildman–Crippen LogP) is -0.635. The summed E-state index contributed by atoms with van der Waals surface area (Å²) in [5, 5.41) is 29.7. The lowest BCUT2D eigenvalue weighted by molar-refractivity contribution is -0.384. The van der Waals surface area contributed by atoms with E-state index < -0.39 is 28.7 Å². The summed E-state index contributed by atoms with van der Waals surface area (Å²) in [5.74, 6) is -1.13. The number of nitro groups is 1. The second-order valence-corrected chi connectivity index (χ2v) is 3.82. The molecular formula is C10H13N3O5. The third kappa shape index (κ3) is 2.55. The van der Waals surface area contributed by atoms with E-state index in [4.69, 9.17) is 11.5 Å². The Bertz CT molecular complexity index is 503. The van der Waals surface area contributed by atoms with E-state index >= 15 is 0 Å². The molecule has 0 saturated heterocycles. The van der Waals surface area contributed by atoms with E-state index in [1.54, 1.807) is 0 Å². The number of carbonyl (C=O) groups is 1. The quantitative estimate of drug-likeness (QED) is 0.319. The molecule has 0 spiro atoms. The van der Waals surface area contributed by atoms with Crippen molar-refractivity contribution in [3.8, 4) is 0 Å². The van der Waals surface area contributed by atoms with E-state index in [1.807, 2.05) is 0 Å². The molecule has 8 heteroatoms. The molecule has 6 N–H and O–H groups in total. The summed E-state index contributed by atoms with van der Waals surface area (Å²) in [4.78, 5) is 20.8. The minimum absolute atomic E-state index is 0.000278. The number of hydrogen-bond acceptors (Lipinski definition) is 6. The van der Waals surface area contributed by atoms with E-state index in [9.17, 15) is 25.1 Å². The molecule has 1 rings (SSSR count). The van der Waals surface area contributed by atoms with Gasteiger partial charge in [-0.2, -0.15) is 0 Å². The lowest BCUT2D eigenvalue weighted by Crippen LogP contribution is -2.33. The molecule has 0 aliphatic heterocycles. The van der Waals surface area contributed by atoms with Crippen LogP contribution in [0, 0.1) is 17.0 Å². The summed E-state index contributed by atoms with van der Waals surface area (Å²) >= 11 is 0. The molecule has 0 fully saturated rings. The molecule has 0 aliphatic carbocycles. The van der Waals surface area contributed by atoms with Gasteiger partial charge < -0.3 is 21.7 Å². The molecule has 2 atom stereocenters. The van der Waals surface area contributed by atoms with Gasteiger partial charge in [0, 0.05) is 6.07 Å². The average Bonchev–Trinajstić information content (AvgIpc) is 2.29. The van der Waals surface area contributed by atoms with E-state index in [0.29, 0.717) is 5.56 Å². The van der Waals surface area contributed by atoms with E-state index in [-0.39, 0.29) is 11.3 Å². The first-order valence-corrected chi connectivity index (χ1v) is 4.95. The zero-order chi connectivity index (χ0) is 14.0. The fourth-order valence-corrected chi connectivity index (χ4v) is 1.47. The average molecular weight is 255 g/mol. The van der Waals surface area contributed by atoms with Crippen molar-refractivity contribution in [1.82, 2.24) is 0 Å². The van der Waals surface area contributed by atoms with Gasteiger partial charge in [0.25, 0.3) is 5.69 Å². The van der Waals surface area contributed by atoms with Gasteiger partial charge in [-0.1, -0.05) is 6.07 Å². The lowest BCUT2D eigenvalue weighted by Gasteiger charge is -2.16. The van der Waals surface area contributed by atoms with Crippen LogP contribution in [0.2, 0.25) is 0 Å². The second kappa shape index (κ2) is 4.98. The van der Waals surface area contributed by atoms with Crippen LogP contribution in [0.4, 0.5) is 11.4 Å². The van der Waals surface area contributed by atoms with Gasteiger partial charge in [-0.05, 0) is 18.1 Å². The van der Waals surface area contributed by atoms with Gasteiger partial charge in [0.2, 0.25) is 5.91 Å². The van der Waals surface area contributed by atoms with Gasteiger partial charge in [0.05, 0.1) is 4.92 Å². The third-order valence-corrected chi connectivity index (χ3v) is 2.52. The van der Waals surface area contributed by atoms with Gasteiger partial charge in [0.1, 0.15) is 11.8 Å².